The minimum Gasteiger partial charge on any atom is -0.481 e. The van der Waals surface area contributed by atoms with E-state index >= 15 is 0 Å². The number of fused-ring (bicyclic) bond motifs is 1. The molecule has 1 aliphatic heterocycles. The number of aliphatic carboxylic acids is 1. The van der Waals surface area contributed by atoms with Crippen LogP contribution in [-0.4, -0.2) is 23.0 Å². The molecule has 6 heteroatoms. The molecule has 4 nitrogen and oxygen atoms in total. The van der Waals surface area contributed by atoms with Crippen molar-refractivity contribution in [2.24, 2.45) is 5.92 Å². The molecule has 1 atom stereocenters. The van der Waals surface area contributed by atoms with Gasteiger partial charge in [0.05, 0.1) is 5.69 Å². The topological polar surface area (TPSA) is 57.6 Å². The maximum atomic E-state index is 13.3. The fourth-order valence-electron chi connectivity index (χ4n) is 2.46. The molecular weight excluding hydrogens is 256 g/mol. The lowest BCUT2D eigenvalue weighted by molar-refractivity contribution is -0.146. The first-order valence-electron chi connectivity index (χ1n) is 6.03. The fraction of sp³-hybridized carbons (Fsp3) is 0.385. The highest BCUT2D eigenvalue weighted by Gasteiger charge is 2.44. The van der Waals surface area contributed by atoms with Crippen molar-refractivity contribution in [2.75, 3.05) is 4.90 Å². The van der Waals surface area contributed by atoms with Crippen molar-refractivity contribution in [1.29, 1.82) is 0 Å². The van der Waals surface area contributed by atoms with Crippen LogP contribution in [0.2, 0.25) is 0 Å². The zero-order valence-corrected chi connectivity index (χ0v) is 9.90. The highest BCUT2D eigenvalue weighted by molar-refractivity contribution is 6.08. The Balaban J connectivity index is 2.12. The van der Waals surface area contributed by atoms with E-state index in [1.54, 1.807) is 0 Å². The summed E-state index contributed by atoms with van der Waals surface area (Å²) in [6, 6.07) is 1.89. The van der Waals surface area contributed by atoms with Gasteiger partial charge in [0.15, 0.2) is 11.6 Å². The van der Waals surface area contributed by atoms with Crippen LogP contribution >= 0.6 is 0 Å². The van der Waals surface area contributed by atoms with Gasteiger partial charge < -0.3 is 10.0 Å². The van der Waals surface area contributed by atoms with E-state index in [2.05, 4.69) is 0 Å². The van der Waals surface area contributed by atoms with Gasteiger partial charge in [-0.3, -0.25) is 9.59 Å². The lowest BCUT2D eigenvalue weighted by atomic mass is 9.91. The highest BCUT2D eigenvalue weighted by Crippen LogP contribution is 2.40. The van der Waals surface area contributed by atoms with E-state index in [0.29, 0.717) is 11.3 Å². The van der Waals surface area contributed by atoms with Crippen molar-refractivity contribution in [1.82, 2.24) is 0 Å². The Morgan fingerprint density at radius 2 is 1.89 bits per heavy atom. The van der Waals surface area contributed by atoms with Crippen LogP contribution < -0.4 is 4.90 Å². The van der Waals surface area contributed by atoms with Crippen molar-refractivity contribution in [3.8, 4) is 0 Å². The predicted molar refractivity (Wildman–Crippen MR) is 61.7 cm³/mol. The molecule has 19 heavy (non-hydrogen) atoms. The van der Waals surface area contributed by atoms with Gasteiger partial charge in [-0.1, -0.05) is 0 Å². The number of rotatable bonds is 2. The van der Waals surface area contributed by atoms with Gasteiger partial charge in [-0.05, 0) is 30.9 Å². The standard InChI is InChI=1S/C13H11F2NO3/c14-9-4-6-3-8(13(18)19)12(17)16(7-1-2-7)11(6)5-10(9)15/h4-5,7-8H,1-3H2,(H,18,19). The number of carbonyl (C=O) groups excluding carboxylic acids is 1. The molecule has 1 N–H and O–H groups in total. The molecule has 1 aliphatic carbocycles. The lowest BCUT2D eigenvalue weighted by Crippen LogP contribution is -2.45. The first-order valence-corrected chi connectivity index (χ1v) is 6.03. The first kappa shape index (κ1) is 12.1. The molecule has 1 saturated carbocycles. The largest absolute Gasteiger partial charge is 0.481 e. The SMILES string of the molecule is O=C(O)C1Cc2cc(F)c(F)cc2N(C2CC2)C1=O. The maximum absolute atomic E-state index is 13.3. The van der Waals surface area contributed by atoms with Gasteiger partial charge in [-0.25, -0.2) is 8.78 Å². The summed E-state index contributed by atoms with van der Waals surface area (Å²) < 4.78 is 26.6. The van der Waals surface area contributed by atoms with E-state index in [-0.39, 0.29) is 12.5 Å². The third-order valence-corrected chi connectivity index (χ3v) is 3.55. The second kappa shape index (κ2) is 4.01. The van der Waals surface area contributed by atoms with Gasteiger partial charge in [0.25, 0.3) is 0 Å². The zero-order valence-electron chi connectivity index (χ0n) is 9.90. The Labute approximate surface area is 107 Å². The van der Waals surface area contributed by atoms with Crippen LogP contribution in [-0.2, 0) is 16.0 Å². The number of halogens is 2. The number of anilines is 1. The molecule has 1 fully saturated rings. The van der Waals surface area contributed by atoms with Crippen molar-refractivity contribution < 1.29 is 23.5 Å². The van der Waals surface area contributed by atoms with Gasteiger partial charge in [-0.2, -0.15) is 0 Å². The molecule has 0 saturated heterocycles. The third kappa shape index (κ3) is 1.87. The van der Waals surface area contributed by atoms with Gasteiger partial charge in [0, 0.05) is 12.1 Å². The van der Waals surface area contributed by atoms with E-state index in [1.165, 1.54) is 4.90 Å². The fourth-order valence-corrected chi connectivity index (χ4v) is 2.46. The quantitative estimate of drug-likeness (QED) is 0.830. The summed E-state index contributed by atoms with van der Waals surface area (Å²) in [6.07, 6.45) is 1.43. The van der Waals surface area contributed by atoms with Crippen molar-refractivity contribution in [3.63, 3.8) is 0 Å². The Bertz CT molecular complexity index is 583. The Morgan fingerprint density at radius 1 is 1.26 bits per heavy atom. The van der Waals surface area contributed by atoms with Gasteiger partial charge in [0.1, 0.15) is 5.92 Å². The van der Waals surface area contributed by atoms with Crippen LogP contribution in [0.5, 0.6) is 0 Å². The van der Waals surface area contributed by atoms with E-state index < -0.39 is 29.4 Å². The highest BCUT2D eigenvalue weighted by atomic mass is 19.2. The van der Waals surface area contributed by atoms with Crippen molar-refractivity contribution in [3.05, 3.63) is 29.3 Å². The number of carbonyl (C=O) groups is 2. The van der Waals surface area contributed by atoms with Crippen LogP contribution in [0, 0.1) is 17.6 Å². The number of hydrogen-bond donors (Lipinski definition) is 1. The van der Waals surface area contributed by atoms with Gasteiger partial charge in [-0.15, -0.1) is 0 Å². The van der Waals surface area contributed by atoms with E-state index in [4.69, 9.17) is 5.11 Å². The Hall–Kier alpha value is -1.98. The van der Waals surface area contributed by atoms with Crippen LogP contribution in [0.15, 0.2) is 12.1 Å². The van der Waals surface area contributed by atoms with Crippen LogP contribution in [0.25, 0.3) is 0 Å². The average Bonchev–Trinajstić information content (AvgIpc) is 3.14. The summed E-state index contributed by atoms with van der Waals surface area (Å²) in [5, 5.41) is 9.06. The number of carboxylic acids is 1. The number of nitrogens with zero attached hydrogens (tertiary/aromatic N) is 1. The molecule has 100 valence electrons. The van der Waals surface area contributed by atoms with Crippen LogP contribution in [0.4, 0.5) is 14.5 Å². The molecule has 0 bridgehead atoms. The second-order valence-corrected chi connectivity index (χ2v) is 4.93. The molecule has 1 unspecified atom stereocenters. The number of benzene rings is 1. The Kier molecular flexibility index (Phi) is 2.55. The van der Waals surface area contributed by atoms with Gasteiger partial charge in [0.2, 0.25) is 5.91 Å². The summed E-state index contributed by atoms with van der Waals surface area (Å²) >= 11 is 0. The monoisotopic (exact) mass is 267 g/mol. The summed E-state index contributed by atoms with van der Waals surface area (Å²) in [4.78, 5) is 24.6. The summed E-state index contributed by atoms with van der Waals surface area (Å²) in [5.74, 6) is -5.02. The molecule has 1 heterocycles. The minimum atomic E-state index is -1.23. The second-order valence-electron chi connectivity index (χ2n) is 4.93. The van der Waals surface area contributed by atoms with Crippen LogP contribution in [0.1, 0.15) is 18.4 Å². The van der Waals surface area contributed by atoms with Gasteiger partial charge >= 0.3 is 5.97 Å². The lowest BCUT2D eigenvalue weighted by Gasteiger charge is -2.32. The predicted octanol–water partition coefficient (Wildman–Crippen LogP) is 1.72. The van der Waals surface area contributed by atoms with Crippen molar-refractivity contribution in [2.45, 2.75) is 25.3 Å². The molecule has 3 rings (SSSR count). The molecule has 1 amide bonds. The molecular formula is C13H11F2NO3. The maximum Gasteiger partial charge on any atom is 0.316 e. The summed E-state index contributed by atoms with van der Waals surface area (Å²) in [7, 11) is 0. The van der Waals surface area contributed by atoms with E-state index in [9.17, 15) is 18.4 Å². The van der Waals surface area contributed by atoms with Crippen LogP contribution in [0.3, 0.4) is 0 Å². The smallest absolute Gasteiger partial charge is 0.316 e. The summed E-state index contributed by atoms with van der Waals surface area (Å²) in [6.45, 7) is 0. The number of hydrogen-bond acceptors (Lipinski definition) is 2. The normalized spacial score (nSPS) is 22.3. The first-order chi connectivity index (χ1) is 8.99. The third-order valence-electron chi connectivity index (χ3n) is 3.55. The molecule has 1 aromatic rings. The number of amides is 1. The van der Waals surface area contributed by atoms with E-state index in [1.807, 2.05) is 0 Å². The zero-order chi connectivity index (χ0) is 13.7. The Morgan fingerprint density at radius 3 is 2.47 bits per heavy atom. The molecule has 0 radical (unpaired) electrons. The molecule has 2 aliphatic rings. The molecule has 1 aromatic carbocycles. The number of carboxylic acid groups (broad SMARTS) is 1. The van der Waals surface area contributed by atoms with Crippen molar-refractivity contribution >= 4 is 17.6 Å². The molecule has 0 spiro atoms. The average molecular weight is 267 g/mol. The summed E-state index contributed by atoms with van der Waals surface area (Å²) in [5.41, 5.74) is 0.682. The molecule has 0 aromatic heterocycles. The van der Waals surface area contributed by atoms with E-state index in [0.717, 1.165) is 25.0 Å². The minimum absolute atomic E-state index is 0.0849.